The van der Waals surface area contributed by atoms with Gasteiger partial charge in [0.25, 0.3) is 0 Å². The van der Waals surface area contributed by atoms with E-state index in [0.29, 0.717) is 23.7 Å². The van der Waals surface area contributed by atoms with E-state index in [2.05, 4.69) is 4.98 Å². The molecule has 2 aromatic rings. The fourth-order valence-corrected chi connectivity index (χ4v) is 2.23. The number of methoxy groups -OCH3 is 1. The van der Waals surface area contributed by atoms with Crippen molar-refractivity contribution in [2.45, 2.75) is 20.1 Å². The largest absolute Gasteiger partial charge is 0.493 e. The molecule has 2 rings (SSSR count). The molecule has 96 valence electrons. The first-order chi connectivity index (χ1) is 8.74. The quantitative estimate of drug-likeness (QED) is 0.902. The summed E-state index contributed by atoms with van der Waals surface area (Å²) in [7, 11) is 1.58. The number of ether oxygens (including phenoxy) is 2. The summed E-state index contributed by atoms with van der Waals surface area (Å²) in [6.45, 7) is 2.25. The van der Waals surface area contributed by atoms with Crippen LogP contribution in [0.2, 0.25) is 0 Å². The summed E-state index contributed by atoms with van der Waals surface area (Å²) in [6, 6.07) is 5.44. The maximum atomic E-state index is 9.29. The van der Waals surface area contributed by atoms with Gasteiger partial charge in [0.1, 0.15) is 6.61 Å². The molecule has 0 atom stereocenters. The lowest BCUT2D eigenvalue weighted by Gasteiger charge is -2.13. The van der Waals surface area contributed by atoms with Crippen molar-refractivity contribution >= 4 is 11.3 Å². The zero-order chi connectivity index (χ0) is 13.0. The molecule has 0 saturated carbocycles. The number of hydrogen-bond donors (Lipinski definition) is 1. The van der Waals surface area contributed by atoms with Crippen LogP contribution < -0.4 is 9.47 Å². The molecule has 0 radical (unpaired) electrons. The number of aromatic nitrogens is 1. The van der Waals surface area contributed by atoms with E-state index in [1.807, 2.05) is 24.4 Å². The molecule has 0 amide bonds. The van der Waals surface area contributed by atoms with Crippen LogP contribution in [-0.2, 0) is 13.2 Å². The first-order valence-electron chi connectivity index (χ1n) is 5.55. The topological polar surface area (TPSA) is 51.6 Å². The van der Waals surface area contributed by atoms with E-state index < -0.39 is 0 Å². The molecule has 0 unspecified atom stereocenters. The molecule has 0 aliphatic carbocycles. The third-order valence-corrected chi connectivity index (χ3v) is 3.30. The van der Waals surface area contributed by atoms with Gasteiger partial charge in [-0.2, -0.15) is 0 Å². The van der Waals surface area contributed by atoms with Crippen LogP contribution >= 0.6 is 11.3 Å². The third-order valence-electron chi connectivity index (χ3n) is 2.48. The second-order valence-corrected chi connectivity index (χ2v) is 4.82. The summed E-state index contributed by atoms with van der Waals surface area (Å²) < 4.78 is 10.9. The normalized spacial score (nSPS) is 10.4. The predicted octanol–water partition coefficient (Wildman–Crippen LogP) is 2.53. The van der Waals surface area contributed by atoms with Crippen molar-refractivity contribution in [2.75, 3.05) is 7.11 Å². The Balaban J connectivity index is 2.17. The second kappa shape index (κ2) is 5.84. The van der Waals surface area contributed by atoms with Crippen molar-refractivity contribution in [3.05, 3.63) is 39.8 Å². The minimum Gasteiger partial charge on any atom is -0.493 e. The zero-order valence-electron chi connectivity index (χ0n) is 10.3. The SMILES string of the molecule is COc1cccc(CO)c1OCc1csc(C)n1. The van der Waals surface area contributed by atoms with Crippen LogP contribution in [0.3, 0.4) is 0 Å². The Morgan fingerprint density at radius 3 is 2.83 bits per heavy atom. The van der Waals surface area contributed by atoms with Crippen LogP contribution in [0, 0.1) is 6.92 Å². The molecule has 0 aliphatic heterocycles. The maximum Gasteiger partial charge on any atom is 0.167 e. The lowest BCUT2D eigenvalue weighted by molar-refractivity contribution is 0.248. The summed E-state index contributed by atoms with van der Waals surface area (Å²) in [4.78, 5) is 4.33. The van der Waals surface area contributed by atoms with Crippen LogP contribution in [0.15, 0.2) is 23.6 Å². The molecule has 0 fully saturated rings. The zero-order valence-corrected chi connectivity index (χ0v) is 11.2. The van der Waals surface area contributed by atoms with Gasteiger partial charge >= 0.3 is 0 Å². The molecule has 0 bridgehead atoms. The van der Waals surface area contributed by atoms with E-state index in [4.69, 9.17) is 9.47 Å². The first kappa shape index (κ1) is 12.9. The molecule has 1 aromatic heterocycles. The summed E-state index contributed by atoms with van der Waals surface area (Å²) in [6.07, 6.45) is 0. The number of rotatable bonds is 5. The highest BCUT2D eigenvalue weighted by Crippen LogP contribution is 2.31. The van der Waals surface area contributed by atoms with Crippen LogP contribution in [0.5, 0.6) is 11.5 Å². The average molecular weight is 265 g/mol. The average Bonchev–Trinajstić information content (AvgIpc) is 2.81. The Morgan fingerprint density at radius 2 is 2.22 bits per heavy atom. The molecule has 0 aliphatic rings. The summed E-state index contributed by atoms with van der Waals surface area (Å²) in [5, 5.41) is 12.3. The van der Waals surface area contributed by atoms with Gasteiger partial charge in [-0.05, 0) is 13.0 Å². The number of para-hydroxylation sites is 1. The minimum absolute atomic E-state index is 0.0807. The second-order valence-electron chi connectivity index (χ2n) is 3.75. The molecule has 18 heavy (non-hydrogen) atoms. The Morgan fingerprint density at radius 1 is 1.39 bits per heavy atom. The highest BCUT2D eigenvalue weighted by atomic mass is 32.1. The van der Waals surface area contributed by atoms with Crippen molar-refractivity contribution in [3.63, 3.8) is 0 Å². The van der Waals surface area contributed by atoms with Gasteiger partial charge in [-0.1, -0.05) is 12.1 Å². The smallest absolute Gasteiger partial charge is 0.167 e. The summed E-state index contributed by atoms with van der Waals surface area (Å²) >= 11 is 1.59. The molecule has 5 heteroatoms. The molecular formula is C13H15NO3S. The van der Waals surface area contributed by atoms with Gasteiger partial charge in [0.05, 0.1) is 24.4 Å². The molecular weight excluding hydrogens is 250 g/mol. The van der Waals surface area contributed by atoms with Crippen LogP contribution in [0.25, 0.3) is 0 Å². The fourth-order valence-electron chi connectivity index (χ4n) is 1.63. The van der Waals surface area contributed by atoms with Gasteiger partial charge in [-0.25, -0.2) is 4.98 Å². The number of aliphatic hydroxyl groups is 1. The molecule has 0 spiro atoms. The van der Waals surface area contributed by atoms with Gasteiger partial charge in [-0.15, -0.1) is 11.3 Å². The van der Waals surface area contributed by atoms with E-state index >= 15 is 0 Å². The molecule has 1 heterocycles. The van der Waals surface area contributed by atoms with E-state index in [-0.39, 0.29) is 6.61 Å². The predicted molar refractivity (Wildman–Crippen MR) is 70.1 cm³/mol. The molecule has 1 aromatic carbocycles. The maximum absolute atomic E-state index is 9.29. The highest BCUT2D eigenvalue weighted by molar-refractivity contribution is 7.09. The van der Waals surface area contributed by atoms with Gasteiger partial charge < -0.3 is 14.6 Å². The van der Waals surface area contributed by atoms with Crippen LogP contribution in [0.1, 0.15) is 16.3 Å². The number of aliphatic hydroxyl groups excluding tert-OH is 1. The number of aryl methyl sites for hydroxylation is 1. The lowest BCUT2D eigenvalue weighted by Crippen LogP contribution is -2.01. The van der Waals surface area contributed by atoms with E-state index in [1.54, 1.807) is 24.5 Å². The minimum atomic E-state index is -0.0807. The highest BCUT2D eigenvalue weighted by Gasteiger charge is 2.10. The van der Waals surface area contributed by atoms with Crippen molar-refractivity contribution < 1.29 is 14.6 Å². The van der Waals surface area contributed by atoms with Gasteiger partial charge in [0.2, 0.25) is 0 Å². The monoisotopic (exact) mass is 265 g/mol. The number of hydrogen-bond acceptors (Lipinski definition) is 5. The van der Waals surface area contributed by atoms with Crippen molar-refractivity contribution in [1.29, 1.82) is 0 Å². The van der Waals surface area contributed by atoms with Crippen molar-refractivity contribution in [2.24, 2.45) is 0 Å². The van der Waals surface area contributed by atoms with E-state index in [1.165, 1.54) is 0 Å². The van der Waals surface area contributed by atoms with Crippen LogP contribution in [-0.4, -0.2) is 17.2 Å². The number of thiazole rings is 1. The van der Waals surface area contributed by atoms with Gasteiger partial charge in [-0.3, -0.25) is 0 Å². The van der Waals surface area contributed by atoms with Gasteiger partial charge in [0, 0.05) is 10.9 Å². The lowest BCUT2D eigenvalue weighted by atomic mass is 10.2. The molecule has 1 N–H and O–H groups in total. The first-order valence-corrected chi connectivity index (χ1v) is 6.43. The Kier molecular flexibility index (Phi) is 4.17. The van der Waals surface area contributed by atoms with Crippen LogP contribution in [0.4, 0.5) is 0 Å². The molecule has 0 saturated heterocycles. The Bertz CT molecular complexity index is 502. The van der Waals surface area contributed by atoms with E-state index in [9.17, 15) is 5.11 Å². The summed E-state index contributed by atoms with van der Waals surface area (Å²) in [5.74, 6) is 1.20. The van der Waals surface area contributed by atoms with Crippen molar-refractivity contribution in [1.82, 2.24) is 4.98 Å². The summed E-state index contributed by atoms with van der Waals surface area (Å²) in [5.41, 5.74) is 1.59. The fraction of sp³-hybridized carbons (Fsp3) is 0.308. The van der Waals surface area contributed by atoms with E-state index in [0.717, 1.165) is 10.7 Å². The van der Waals surface area contributed by atoms with Gasteiger partial charge in [0.15, 0.2) is 11.5 Å². The standard InChI is InChI=1S/C13H15NO3S/c1-9-14-11(8-18-9)7-17-13-10(6-15)4-3-5-12(13)16-2/h3-5,8,15H,6-7H2,1-2H3. The Hall–Kier alpha value is -1.59. The third kappa shape index (κ3) is 2.80. The van der Waals surface area contributed by atoms with Crippen molar-refractivity contribution in [3.8, 4) is 11.5 Å². The number of benzene rings is 1. The molecule has 4 nitrogen and oxygen atoms in total. The Labute approximate surface area is 110 Å². The number of nitrogens with zero attached hydrogens (tertiary/aromatic N) is 1.